The number of anilines is 1. The van der Waals surface area contributed by atoms with E-state index in [0.29, 0.717) is 34.6 Å². The maximum Gasteiger partial charge on any atom is 0.338 e. The molecule has 0 saturated heterocycles. The van der Waals surface area contributed by atoms with Gasteiger partial charge in [-0.2, -0.15) is 0 Å². The van der Waals surface area contributed by atoms with Gasteiger partial charge in [0.15, 0.2) is 0 Å². The number of nitrogens with two attached hydrogens (primary N) is 1. The van der Waals surface area contributed by atoms with Crippen molar-refractivity contribution in [2.75, 3.05) is 12.3 Å². The summed E-state index contributed by atoms with van der Waals surface area (Å²) in [5.74, 6) is 0.192. The molecule has 5 nitrogen and oxygen atoms in total. The first kappa shape index (κ1) is 16.8. The number of carbonyl (C=O) groups excluding carboxylic acids is 1. The predicted octanol–water partition coefficient (Wildman–Crippen LogP) is 4.44. The highest BCUT2D eigenvalue weighted by molar-refractivity contribution is 6.08. The fourth-order valence-corrected chi connectivity index (χ4v) is 3.28. The highest BCUT2D eigenvalue weighted by Gasteiger charge is 2.21. The largest absolute Gasteiger partial charge is 0.462 e. The van der Waals surface area contributed by atoms with Crippen molar-refractivity contribution in [3.05, 3.63) is 71.6 Å². The first-order chi connectivity index (χ1) is 13.1. The number of carbonyl (C=O) groups is 1. The van der Waals surface area contributed by atoms with Gasteiger partial charge in [-0.15, -0.1) is 0 Å². The first-order valence-corrected chi connectivity index (χ1v) is 8.65. The zero-order valence-corrected chi connectivity index (χ0v) is 14.8. The standard InChI is InChI=1S/C22H18N2O3/c1-2-26-22(25)16-6-4-3-5-15(16)21-17-9-7-13(23)11-19(17)27-20-12-14(24)8-10-18(20)21/h3-12,23H,2,24H2,1H3. The number of fused-ring (bicyclic) bond motifs is 2. The summed E-state index contributed by atoms with van der Waals surface area (Å²) in [4.78, 5) is 12.5. The van der Waals surface area contributed by atoms with Crippen LogP contribution in [0.2, 0.25) is 0 Å². The molecular weight excluding hydrogens is 340 g/mol. The van der Waals surface area contributed by atoms with Gasteiger partial charge in [-0.3, -0.25) is 0 Å². The second-order valence-corrected chi connectivity index (χ2v) is 6.21. The molecule has 0 spiro atoms. The molecule has 0 fully saturated rings. The summed E-state index contributed by atoms with van der Waals surface area (Å²) in [6, 6.07) is 18.0. The van der Waals surface area contributed by atoms with Crippen LogP contribution in [0.1, 0.15) is 17.3 Å². The zero-order chi connectivity index (χ0) is 19.0. The number of hydrogen-bond donors (Lipinski definition) is 2. The third-order valence-corrected chi connectivity index (χ3v) is 4.44. The average Bonchev–Trinajstić information content (AvgIpc) is 2.66. The molecule has 27 heavy (non-hydrogen) atoms. The van der Waals surface area contributed by atoms with E-state index in [1.165, 1.54) is 0 Å². The molecule has 0 aromatic heterocycles. The molecule has 2 aliphatic rings. The molecule has 1 aliphatic carbocycles. The van der Waals surface area contributed by atoms with Crippen molar-refractivity contribution >= 4 is 22.6 Å². The van der Waals surface area contributed by atoms with E-state index in [0.717, 1.165) is 22.1 Å². The van der Waals surface area contributed by atoms with Crippen LogP contribution in [-0.4, -0.2) is 12.6 Å². The van der Waals surface area contributed by atoms with E-state index >= 15 is 0 Å². The minimum atomic E-state index is -0.372. The Morgan fingerprint density at radius 3 is 2.70 bits per heavy atom. The summed E-state index contributed by atoms with van der Waals surface area (Å²) in [5, 5.41) is 9.09. The molecule has 4 rings (SSSR count). The number of rotatable bonds is 3. The molecule has 0 saturated carbocycles. The number of hydrogen-bond acceptors (Lipinski definition) is 5. The van der Waals surface area contributed by atoms with Gasteiger partial charge in [-0.05, 0) is 42.8 Å². The molecule has 5 heteroatoms. The molecule has 1 heterocycles. The van der Waals surface area contributed by atoms with Crippen LogP contribution in [0, 0.1) is 5.41 Å². The van der Waals surface area contributed by atoms with Gasteiger partial charge in [0.1, 0.15) is 11.3 Å². The van der Waals surface area contributed by atoms with E-state index in [1.807, 2.05) is 30.3 Å². The summed E-state index contributed by atoms with van der Waals surface area (Å²) in [6.45, 7) is 2.09. The van der Waals surface area contributed by atoms with Crippen LogP contribution in [-0.2, 0) is 4.74 Å². The van der Waals surface area contributed by atoms with E-state index in [4.69, 9.17) is 20.3 Å². The van der Waals surface area contributed by atoms with Gasteiger partial charge in [0.2, 0.25) is 0 Å². The lowest BCUT2D eigenvalue weighted by atomic mass is 9.90. The Bertz CT molecular complexity index is 1190. The first-order valence-electron chi connectivity index (χ1n) is 8.65. The maximum atomic E-state index is 12.5. The topological polar surface area (TPSA) is 89.3 Å². The minimum Gasteiger partial charge on any atom is -0.462 e. The maximum absolute atomic E-state index is 12.5. The number of ether oxygens (including phenoxy) is 1. The van der Waals surface area contributed by atoms with Gasteiger partial charge >= 0.3 is 5.97 Å². The Morgan fingerprint density at radius 2 is 1.89 bits per heavy atom. The van der Waals surface area contributed by atoms with E-state index in [-0.39, 0.29) is 5.97 Å². The molecule has 0 bridgehead atoms. The second kappa shape index (κ2) is 6.61. The number of nitrogens with one attached hydrogen (secondary N) is 1. The quantitative estimate of drug-likeness (QED) is 0.322. The van der Waals surface area contributed by atoms with Crippen molar-refractivity contribution < 1.29 is 13.9 Å². The van der Waals surface area contributed by atoms with E-state index in [2.05, 4.69) is 0 Å². The fraction of sp³-hybridized carbons (Fsp3) is 0.0909. The van der Waals surface area contributed by atoms with Crippen LogP contribution >= 0.6 is 0 Å². The van der Waals surface area contributed by atoms with Crippen LogP contribution in [0.25, 0.3) is 33.4 Å². The highest BCUT2D eigenvalue weighted by atomic mass is 16.5. The molecule has 2 aromatic carbocycles. The lowest BCUT2D eigenvalue weighted by molar-refractivity contribution is 0.0527. The van der Waals surface area contributed by atoms with E-state index in [1.54, 1.807) is 37.3 Å². The van der Waals surface area contributed by atoms with E-state index < -0.39 is 0 Å². The normalized spacial score (nSPS) is 11.0. The average molecular weight is 358 g/mol. The van der Waals surface area contributed by atoms with Crippen molar-refractivity contribution in [1.82, 2.24) is 0 Å². The molecular formula is C22H18N2O3. The fourth-order valence-electron chi connectivity index (χ4n) is 3.28. The van der Waals surface area contributed by atoms with Gasteiger partial charge in [-0.25, -0.2) is 4.79 Å². The van der Waals surface area contributed by atoms with Crippen molar-refractivity contribution in [3.8, 4) is 22.5 Å². The summed E-state index contributed by atoms with van der Waals surface area (Å²) in [6.07, 6.45) is 0. The summed E-state index contributed by atoms with van der Waals surface area (Å²) in [5.41, 5.74) is 10.0. The summed E-state index contributed by atoms with van der Waals surface area (Å²) in [7, 11) is 0. The van der Waals surface area contributed by atoms with Gasteiger partial charge in [-0.1, -0.05) is 18.2 Å². The lowest BCUT2D eigenvalue weighted by Crippen LogP contribution is -2.07. The van der Waals surface area contributed by atoms with Crippen LogP contribution in [0.5, 0.6) is 0 Å². The lowest BCUT2D eigenvalue weighted by Gasteiger charge is -2.17. The van der Waals surface area contributed by atoms with Crippen LogP contribution in [0.4, 0.5) is 5.69 Å². The Morgan fingerprint density at radius 1 is 1.07 bits per heavy atom. The summed E-state index contributed by atoms with van der Waals surface area (Å²) >= 11 is 0. The van der Waals surface area contributed by atoms with Gasteiger partial charge in [0.05, 0.1) is 17.5 Å². The van der Waals surface area contributed by atoms with E-state index in [9.17, 15) is 4.79 Å². The second-order valence-electron chi connectivity index (χ2n) is 6.21. The third kappa shape index (κ3) is 2.93. The monoisotopic (exact) mass is 358 g/mol. The molecule has 3 N–H and O–H groups in total. The Labute approximate surface area is 155 Å². The third-order valence-electron chi connectivity index (χ3n) is 4.44. The SMILES string of the molecule is CCOC(=O)c1ccccc1-c1c2ccc(=N)cc-2oc2cc(N)ccc12. The van der Waals surface area contributed by atoms with Gasteiger partial charge in [0, 0.05) is 34.3 Å². The van der Waals surface area contributed by atoms with Crippen molar-refractivity contribution in [2.24, 2.45) is 0 Å². The Hall–Kier alpha value is -3.60. The molecule has 2 aromatic rings. The van der Waals surface area contributed by atoms with Crippen LogP contribution in [0.15, 0.2) is 65.1 Å². The minimum absolute atomic E-state index is 0.303. The van der Waals surface area contributed by atoms with Crippen molar-refractivity contribution in [1.29, 1.82) is 5.41 Å². The smallest absolute Gasteiger partial charge is 0.338 e. The van der Waals surface area contributed by atoms with Crippen LogP contribution in [0.3, 0.4) is 0 Å². The number of esters is 1. The predicted molar refractivity (Wildman–Crippen MR) is 104 cm³/mol. The summed E-state index contributed by atoms with van der Waals surface area (Å²) < 4.78 is 11.2. The van der Waals surface area contributed by atoms with Gasteiger partial charge in [0.25, 0.3) is 0 Å². The number of benzene rings is 3. The van der Waals surface area contributed by atoms with Crippen molar-refractivity contribution in [2.45, 2.75) is 6.92 Å². The molecule has 134 valence electrons. The Balaban J connectivity index is 2.13. The van der Waals surface area contributed by atoms with Crippen molar-refractivity contribution in [3.63, 3.8) is 0 Å². The molecule has 0 unspecified atom stereocenters. The molecule has 0 amide bonds. The van der Waals surface area contributed by atoms with Gasteiger partial charge < -0.3 is 20.3 Å². The molecule has 0 radical (unpaired) electrons. The molecule has 1 aliphatic heterocycles. The molecule has 0 atom stereocenters. The van der Waals surface area contributed by atoms with Crippen LogP contribution < -0.4 is 11.1 Å². The number of nitrogen functional groups attached to an aromatic ring is 1. The zero-order valence-electron chi connectivity index (χ0n) is 14.8. The Kier molecular flexibility index (Phi) is 4.12. The highest BCUT2D eigenvalue weighted by Crippen LogP contribution is 2.41.